The smallest absolute Gasteiger partial charge is 0.416 e. The van der Waals surface area contributed by atoms with Crippen LogP contribution < -0.4 is 15.5 Å². The normalized spacial score (nSPS) is 19.9. The van der Waals surface area contributed by atoms with E-state index in [1.54, 1.807) is 13.8 Å². The van der Waals surface area contributed by atoms with E-state index in [0.29, 0.717) is 0 Å². The molecule has 8 nitrogen and oxygen atoms in total. The number of cyclic esters (lactones) is 1. The van der Waals surface area contributed by atoms with Crippen LogP contribution in [0.15, 0.2) is 30.5 Å². The van der Waals surface area contributed by atoms with Crippen LogP contribution in [0.1, 0.15) is 37.9 Å². The maximum atomic E-state index is 14.4. The second-order valence-corrected chi connectivity index (χ2v) is 8.70. The predicted octanol–water partition coefficient (Wildman–Crippen LogP) is 2.93. The summed E-state index contributed by atoms with van der Waals surface area (Å²) < 4.78 is 19.5. The van der Waals surface area contributed by atoms with Crippen LogP contribution in [-0.2, 0) is 11.3 Å². The van der Waals surface area contributed by atoms with Gasteiger partial charge >= 0.3 is 6.09 Å². The van der Waals surface area contributed by atoms with Gasteiger partial charge in [-0.1, -0.05) is 24.3 Å². The Morgan fingerprint density at radius 3 is 2.61 bits per heavy atom. The zero-order chi connectivity index (χ0) is 22.0. The maximum Gasteiger partial charge on any atom is 0.416 e. The quantitative estimate of drug-likeness (QED) is 0.732. The number of aromatic nitrogens is 2. The summed E-state index contributed by atoms with van der Waals surface area (Å²) >= 11 is 0. The van der Waals surface area contributed by atoms with E-state index in [1.807, 2.05) is 6.92 Å². The molecule has 9 heteroatoms. The molecule has 1 atom stereocenters. The van der Waals surface area contributed by atoms with Crippen LogP contribution in [0.25, 0.3) is 0 Å². The molecule has 2 aliphatic rings. The molecular formula is C22H29FN6O2. The Morgan fingerprint density at radius 2 is 1.97 bits per heavy atom. The third-order valence-corrected chi connectivity index (χ3v) is 5.72. The van der Waals surface area contributed by atoms with Crippen LogP contribution >= 0.6 is 0 Å². The molecule has 1 aromatic heterocycles. The van der Waals surface area contributed by atoms with Gasteiger partial charge < -0.3 is 15.4 Å². The molecule has 1 amide bonds. The number of piperazine rings is 1. The first kappa shape index (κ1) is 21.5. The minimum absolute atomic E-state index is 0.0800. The van der Waals surface area contributed by atoms with Crippen molar-refractivity contribution in [3.8, 4) is 0 Å². The zero-order valence-electron chi connectivity index (χ0n) is 18.2. The fraction of sp³-hybridized carbons (Fsp3) is 0.500. The molecule has 2 saturated heterocycles. The fourth-order valence-corrected chi connectivity index (χ4v) is 3.89. The van der Waals surface area contributed by atoms with Crippen LogP contribution in [0.5, 0.6) is 0 Å². The van der Waals surface area contributed by atoms with Crippen molar-refractivity contribution in [2.75, 3.05) is 43.0 Å². The third-order valence-electron chi connectivity index (χ3n) is 5.72. The molecule has 0 radical (unpaired) electrons. The van der Waals surface area contributed by atoms with E-state index in [0.717, 1.165) is 44.5 Å². The largest absolute Gasteiger partial charge is 0.447 e. The van der Waals surface area contributed by atoms with Crippen LogP contribution in [0.3, 0.4) is 0 Å². The van der Waals surface area contributed by atoms with E-state index in [2.05, 4.69) is 49.8 Å². The van der Waals surface area contributed by atoms with E-state index in [-0.39, 0.29) is 24.4 Å². The van der Waals surface area contributed by atoms with Crippen LogP contribution in [0.4, 0.5) is 21.0 Å². The number of carbonyl (C=O) groups excluding carboxylic acids is 1. The van der Waals surface area contributed by atoms with E-state index < -0.39 is 17.4 Å². The van der Waals surface area contributed by atoms with Crippen molar-refractivity contribution < 1.29 is 13.9 Å². The molecule has 0 saturated carbocycles. The molecule has 0 spiro atoms. The number of nitrogens with one attached hydrogen (secondary N) is 2. The first-order valence-electron chi connectivity index (χ1n) is 10.6. The number of benzene rings is 1. The Morgan fingerprint density at radius 1 is 1.26 bits per heavy atom. The standard InChI is InChI=1S/C22H29FN6O2/c1-15(17-6-4-16(5-7-17)13-28-10-8-24-9-11-28)26-20-25-12-18(23)19(27-20)29-21(30)31-14-22(29,2)3/h4-7,12,15,24H,8-11,13-14H2,1-3H3,(H,25,26,27). The van der Waals surface area contributed by atoms with E-state index in [1.165, 1.54) is 10.5 Å². The van der Waals surface area contributed by atoms with Gasteiger partial charge in [-0.3, -0.25) is 4.90 Å². The lowest BCUT2D eigenvalue weighted by Crippen LogP contribution is -2.43. The molecular weight excluding hydrogens is 399 g/mol. The lowest BCUT2D eigenvalue weighted by molar-refractivity contribution is 0.175. The number of anilines is 2. The summed E-state index contributed by atoms with van der Waals surface area (Å²) in [6, 6.07) is 8.34. The summed E-state index contributed by atoms with van der Waals surface area (Å²) in [5.41, 5.74) is 1.66. The highest BCUT2D eigenvalue weighted by molar-refractivity contribution is 5.90. The number of carbonyl (C=O) groups is 1. The Balaban J connectivity index is 1.45. The van der Waals surface area contributed by atoms with Crippen molar-refractivity contribution in [2.45, 2.75) is 38.9 Å². The summed E-state index contributed by atoms with van der Waals surface area (Å²) in [4.78, 5) is 24.1. The molecule has 31 heavy (non-hydrogen) atoms. The van der Waals surface area contributed by atoms with Gasteiger partial charge in [0.1, 0.15) is 6.61 Å². The average molecular weight is 429 g/mol. The van der Waals surface area contributed by atoms with E-state index in [4.69, 9.17) is 4.74 Å². The number of nitrogens with zero attached hydrogens (tertiary/aromatic N) is 4. The number of halogens is 1. The van der Waals surface area contributed by atoms with Gasteiger partial charge in [-0.15, -0.1) is 0 Å². The molecule has 166 valence electrons. The third kappa shape index (κ3) is 4.77. The van der Waals surface area contributed by atoms with Crippen molar-refractivity contribution in [3.63, 3.8) is 0 Å². The number of amides is 1. The highest BCUT2D eigenvalue weighted by Crippen LogP contribution is 2.31. The number of hydrogen-bond acceptors (Lipinski definition) is 7. The van der Waals surface area contributed by atoms with Gasteiger partial charge in [-0.2, -0.15) is 4.98 Å². The molecule has 1 unspecified atom stereocenters. The van der Waals surface area contributed by atoms with Crippen molar-refractivity contribution in [3.05, 3.63) is 47.4 Å². The lowest BCUT2D eigenvalue weighted by Gasteiger charge is -2.27. The monoisotopic (exact) mass is 428 g/mol. The zero-order valence-corrected chi connectivity index (χ0v) is 18.2. The van der Waals surface area contributed by atoms with Gasteiger partial charge in [0.05, 0.1) is 17.8 Å². The van der Waals surface area contributed by atoms with Crippen molar-refractivity contribution in [1.82, 2.24) is 20.2 Å². The van der Waals surface area contributed by atoms with Gasteiger partial charge in [0.25, 0.3) is 0 Å². The van der Waals surface area contributed by atoms with Gasteiger partial charge in [-0.05, 0) is 31.9 Å². The van der Waals surface area contributed by atoms with Crippen LogP contribution in [-0.4, -0.2) is 59.3 Å². The molecule has 2 aliphatic heterocycles. The Kier molecular flexibility index (Phi) is 6.06. The molecule has 2 aromatic rings. The molecule has 0 aliphatic carbocycles. The number of rotatable bonds is 6. The number of ether oxygens (including phenoxy) is 1. The Labute approximate surface area is 181 Å². The second-order valence-electron chi connectivity index (χ2n) is 8.70. The van der Waals surface area contributed by atoms with Crippen molar-refractivity contribution in [1.29, 1.82) is 0 Å². The van der Waals surface area contributed by atoms with Gasteiger partial charge in [0.2, 0.25) is 5.95 Å². The molecule has 2 fully saturated rings. The topological polar surface area (TPSA) is 82.6 Å². The predicted molar refractivity (Wildman–Crippen MR) is 117 cm³/mol. The number of hydrogen-bond donors (Lipinski definition) is 2. The molecule has 1 aromatic carbocycles. The fourth-order valence-electron chi connectivity index (χ4n) is 3.89. The molecule has 0 bridgehead atoms. The van der Waals surface area contributed by atoms with Crippen molar-refractivity contribution >= 4 is 17.9 Å². The van der Waals surface area contributed by atoms with Gasteiger partial charge in [0.15, 0.2) is 11.6 Å². The highest BCUT2D eigenvalue weighted by Gasteiger charge is 2.43. The Hall–Kier alpha value is -2.78. The first-order valence-corrected chi connectivity index (χ1v) is 10.6. The summed E-state index contributed by atoms with van der Waals surface area (Å²) in [6.07, 6.45) is 0.469. The Bertz CT molecular complexity index is 930. The lowest BCUT2D eigenvalue weighted by atomic mass is 10.1. The maximum absolute atomic E-state index is 14.4. The summed E-state index contributed by atoms with van der Waals surface area (Å²) in [7, 11) is 0. The van der Waals surface area contributed by atoms with Gasteiger partial charge in [0, 0.05) is 32.7 Å². The van der Waals surface area contributed by atoms with E-state index in [9.17, 15) is 9.18 Å². The first-order chi connectivity index (χ1) is 14.8. The minimum Gasteiger partial charge on any atom is -0.447 e. The summed E-state index contributed by atoms with van der Waals surface area (Å²) in [5, 5.41) is 6.57. The van der Waals surface area contributed by atoms with E-state index >= 15 is 0 Å². The average Bonchev–Trinajstić information content (AvgIpc) is 3.03. The molecule has 2 N–H and O–H groups in total. The van der Waals surface area contributed by atoms with Crippen LogP contribution in [0, 0.1) is 5.82 Å². The minimum atomic E-state index is -0.685. The molecule has 3 heterocycles. The SMILES string of the molecule is CC(Nc1ncc(F)c(N2C(=O)OCC2(C)C)n1)c1ccc(CN2CCNCC2)cc1. The van der Waals surface area contributed by atoms with Gasteiger partial charge in [-0.25, -0.2) is 19.1 Å². The highest BCUT2D eigenvalue weighted by atomic mass is 19.1. The summed E-state index contributed by atoms with van der Waals surface area (Å²) in [6.45, 7) is 10.9. The van der Waals surface area contributed by atoms with Crippen LogP contribution in [0.2, 0.25) is 0 Å². The molecule has 4 rings (SSSR count). The summed E-state index contributed by atoms with van der Waals surface area (Å²) in [5.74, 6) is -0.491. The van der Waals surface area contributed by atoms with Crippen molar-refractivity contribution in [2.24, 2.45) is 0 Å². The second kappa shape index (κ2) is 8.76.